The van der Waals surface area contributed by atoms with Gasteiger partial charge in [-0.2, -0.15) is 0 Å². The maximum atomic E-state index is 12.1. The van der Waals surface area contributed by atoms with Gasteiger partial charge in [-0.3, -0.25) is 10.2 Å². The summed E-state index contributed by atoms with van der Waals surface area (Å²) in [7, 11) is -3.79. The van der Waals surface area contributed by atoms with Crippen LogP contribution in [0, 0.1) is 13.8 Å². The SMILES string of the molecule is Cc1ccc(S(=O)(=O)NNC(=O)c2ccc(Br)c(C)c2)cc1. The predicted molar refractivity (Wildman–Crippen MR) is 87.8 cm³/mol. The van der Waals surface area contributed by atoms with Crippen LogP contribution in [-0.2, 0) is 10.0 Å². The van der Waals surface area contributed by atoms with Gasteiger partial charge >= 0.3 is 0 Å². The van der Waals surface area contributed by atoms with E-state index in [1.807, 2.05) is 13.8 Å². The Labute approximate surface area is 137 Å². The number of sulfonamides is 1. The van der Waals surface area contributed by atoms with E-state index in [1.54, 1.807) is 30.3 Å². The van der Waals surface area contributed by atoms with Crippen LogP contribution in [-0.4, -0.2) is 14.3 Å². The van der Waals surface area contributed by atoms with Crippen LogP contribution in [0.25, 0.3) is 0 Å². The van der Waals surface area contributed by atoms with E-state index < -0.39 is 15.9 Å². The van der Waals surface area contributed by atoms with Gasteiger partial charge in [0.1, 0.15) is 0 Å². The second kappa shape index (κ2) is 6.60. The summed E-state index contributed by atoms with van der Waals surface area (Å²) in [6, 6.07) is 11.3. The van der Waals surface area contributed by atoms with E-state index in [-0.39, 0.29) is 4.90 Å². The maximum absolute atomic E-state index is 12.1. The van der Waals surface area contributed by atoms with E-state index in [1.165, 1.54) is 12.1 Å². The zero-order chi connectivity index (χ0) is 16.3. The molecule has 2 N–H and O–H groups in total. The van der Waals surface area contributed by atoms with Crippen LogP contribution in [0.2, 0.25) is 0 Å². The molecule has 0 aromatic heterocycles. The highest BCUT2D eigenvalue weighted by Gasteiger charge is 2.15. The van der Waals surface area contributed by atoms with Crippen LogP contribution in [0.4, 0.5) is 0 Å². The summed E-state index contributed by atoms with van der Waals surface area (Å²) in [4.78, 5) is 14.2. The van der Waals surface area contributed by atoms with Crippen LogP contribution in [0.3, 0.4) is 0 Å². The molecule has 0 bridgehead atoms. The Kier molecular flexibility index (Phi) is 5.00. The number of halogens is 1. The molecule has 2 aromatic rings. The third kappa shape index (κ3) is 3.94. The Bertz CT molecular complexity index is 802. The molecule has 0 atom stereocenters. The number of nitrogens with one attached hydrogen (secondary N) is 2. The largest absolute Gasteiger partial charge is 0.273 e. The Morgan fingerprint density at radius 1 is 1.05 bits per heavy atom. The molecule has 2 aromatic carbocycles. The Morgan fingerprint density at radius 2 is 1.68 bits per heavy atom. The van der Waals surface area contributed by atoms with Crippen LogP contribution < -0.4 is 10.3 Å². The number of rotatable bonds is 4. The highest BCUT2D eigenvalue weighted by atomic mass is 79.9. The number of carbonyl (C=O) groups is 1. The average Bonchev–Trinajstić information content (AvgIpc) is 2.48. The molecular weight excluding hydrogens is 368 g/mol. The minimum atomic E-state index is -3.79. The molecule has 0 saturated heterocycles. The van der Waals surface area contributed by atoms with E-state index >= 15 is 0 Å². The Balaban J connectivity index is 2.09. The topological polar surface area (TPSA) is 75.3 Å². The van der Waals surface area contributed by atoms with Crippen molar-refractivity contribution < 1.29 is 13.2 Å². The van der Waals surface area contributed by atoms with Crippen molar-refractivity contribution in [1.29, 1.82) is 0 Å². The van der Waals surface area contributed by atoms with Crippen molar-refractivity contribution in [3.8, 4) is 0 Å². The standard InChI is InChI=1S/C15H15BrN2O3S/c1-10-3-6-13(7-4-10)22(20,21)18-17-15(19)12-5-8-14(16)11(2)9-12/h3-9,18H,1-2H3,(H,17,19). The molecule has 0 radical (unpaired) electrons. The zero-order valence-electron chi connectivity index (χ0n) is 12.1. The quantitative estimate of drug-likeness (QED) is 0.798. The molecule has 116 valence electrons. The van der Waals surface area contributed by atoms with Crippen LogP contribution >= 0.6 is 15.9 Å². The molecule has 22 heavy (non-hydrogen) atoms. The molecule has 7 heteroatoms. The van der Waals surface area contributed by atoms with Crippen molar-refractivity contribution in [1.82, 2.24) is 10.3 Å². The van der Waals surface area contributed by atoms with Crippen molar-refractivity contribution >= 4 is 31.9 Å². The van der Waals surface area contributed by atoms with Crippen molar-refractivity contribution in [2.45, 2.75) is 18.7 Å². The van der Waals surface area contributed by atoms with E-state index in [0.29, 0.717) is 5.56 Å². The summed E-state index contributed by atoms with van der Waals surface area (Å²) in [5.74, 6) is -0.522. The highest BCUT2D eigenvalue weighted by molar-refractivity contribution is 9.10. The van der Waals surface area contributed by atoms with Crippen molar-refractivity contribution in [2.24, 2.45) is 0 Å². The second-order valence-electron chi connectivity index (χ2n) is 4.84. The van der Waals surface area contributed by atoms with Crippen molar-refractivity contribution in [2.75, 3.05) is 0 Å². The third-order valence-electron chi connectivity index (χ3n) is 3.05. The first kappa shape index (κ1) is 16.7. The molecule has 0 unspecified atom stereocenters. The molecule has 0 spiro atoms. The van der Waals surface area contributed by atoms with Gasteiger partial charge < -0.3 is 0 Å². The normalized spacial score (nSPS) is 11.2. The van der Waals surface area contributed by atoms with Crippen molar-refractivity contribution in [3.63, 3.8) is 0 Å². The number of benzene rings is 2. The number of carbonyl (C=O) groups excluding carboxylic acids is 1. The summed E-state index contributed by atoms with van der Waals surface area (Å²) in [6.45, 7) is 3.71. The number of hydrogen-bond acceptors (Lipinski definition) is 3. The molecule has 2 rings (SSSR count). The van der Waals surface area contributed by atoms with Gasteiger partial charge in [0.2, 0.25) is 0 Å². The highest BCUT2D eigenvalue weighted by Crippen LogP contribution is 2.17. The van der Waals surface area contributed by atoms with Crippen LogP contribution in [0.5, 0.6) is 0 Å². The lowest BCUT2D eigenvalue weighted by atomic mass is 10.1. The average molecular weight is 383 g/mol. The summed E-state index contributed by atoms with van der Waals surface area (Å²) in [5.41, 5.74) is 4.41. The summed E-state index contributed by atoms with van der Waals surface area (Å²) in [5, 5.41) is 0. The predicted octanol–water partition coefficient (Wildman–Crippen LogP) is 2.69. The third-order valence-corrected chi connectivity index (χ3v) is 5.20. The van der Waals surface area contributed by atoms with Crippen LogP contribution in [0.1, 0.15) is 21.5 Å². The zero-order valence-corrected chi connectivity index (χ0v) is 14.5. The maximum Gasteiger partial charge on any atom is 0.266 e. The monoisotopic (exact) mass is 382 g/mol. The minimum absolute atomic E-state index is 0.0883. The molecule has 0 aliphatic heterocycles. The second-order valence-corrected chi connectivity index (χ2v) is 7.37. The van der Waals surface area contributed by atoms with Gasteiger partial charge in [-0.15, -0.1) is 4.83 Å². The summed E-state index contributed by atoms with van der Waals surface area (Å²) >= 11 is 3.34. The number of hydrazine groups is 1. The van der Waals surface area contributed by atoms with Gasteiger partial charge in [0.25, 0.3) is 15.9 Å². The first-order valence-electron chi connectivity index (χ1n) is 6.44. The fourth-order valence-electron chi connectivity index (χ4n) is 1.75. The van der Waals surface area contributed by atoms with Gasteiger partial charge in [-0.25, -0.2) is 8.42 Å². The summed E-state index contributed by atoms with van der Waals surface area (Å²) < 4.78 is 25.0. The molecule has 0 heterocycles. The molecular formula is C15H15BrN2O3S. The lowest BCUT2D eigenvalue weighted by Gasteiger charge is -2.09. The van der Waals surface area contributed by atoms with Gasteiger partial charge in [-0.1, -0.05) is 33.6 Å². The first-order chi connectivity index (χ1) is 10.3. The molecule has 5 nitrogen and oxygen atoms in total. The molecule has 1 amide bonds. The van der Waals surface area contributed by atoms with Crippen molar-refractivity contribution in [3.05, 3.63) is 63.6 Å². The van der Waals surface area contributed by atoms with Gasteiger partial charge in [0.05, 0.1) is 4.90 Å². The lowest BCUT2D eigenvalue weighted by molar-refractivity contribution is 0.0945. The number of hydrogen-bond donors (Lipinski definition) is 2. The number of aryl methyl sites for hydroxylation is 2. The van der Waals surface area contributed by atoms with Gasteiger partial charge in [0, 0.05) is 10.0 Å². The fraction of sp³-hybridized carbons (Fsp3) is 0.133. The first-order valence-corrected chi connectivity index (χ1v) is 8.72. The van der Waals surface area contributed by atoms with E-state index in [0.717, 1.165) is 15.6 Å². The molecule has 0 fully saturated rings. The number of amides is 1. The lowest BCUT2D eigenvalue weighted by Crippen LogP contribution is -2.41. The van der Waals surface area contributed by atoms with Gasteiger partial charge in [-0.05, 0) is 49.7 Å². The van der Waals surface area contributed by atoms with E-state index in [4.69, 9.17) is 0 Å². The minimum Gasteiger partial charge on any atom is -0.273 e. The van der Waals surface area contributed by atoms with E-state index in [9.17, 15) is 13.2 Å². The smallest absolute Gasteiger partial charge is 0.266 e. The fourth-order valence-corrected chi connectivity index (χ4v) is 2.83. The molecule has 0 saturated carbocycles. The Morgan fingerprint density at radius 3 is 2.27 bits per heavy atom. The molecule has 0 aliphatic rings. The summed E-state index contributed by atoms with van der Waals surface area (Å²) in [6.07, 6.45) is 0. The van der Waals surface area contributed by atoms with Crippen LogP contribution in [0.15, 0.2) is 51.8 Å². The van der Waals surface area contributed by atoms with Gasteiger partial charge in [0.15, 0.2) is 0 Å². The Hall–Kier alpha value is -1.70. The van der Waals surface area contributed by atoms with E-state index in [2.05, 4.69) is 26.2 Å². The molecule has 0 aliphatic carbocycles.